The third kappa shape index (κ3) is 4.02. The van der Waals surface area contributed by atoms with Gasteiger partial charge in [-0.3, -0.25) is 14.4 Å². The topological polar surface area (TPSA) is 108 Å². The minimum Gasteiger partial charge on any atom is -0.339 e. The summed E-state index contributed by atoms with van der Waals surface area (Å²) in [6, 6.07) is -1.61. The van der Waals surface area contributed by atoms with Crippen molar-refractivity contribution in [3.8, 4) is 0 Å². The van der Waals surface area contributed by atoms with Crippen LogP contribution >= 0.6 is 12.8 Å². The van der Waals surface area contributed by atoms with Crippen molar-refractivity contribution in [3.05, 3.63) is 17.1 Å². The minimum atomic E-state index is -1.00. The van der Waals surface area contributed by atoms with Gasteiger partial charge in [-0.1, -0.05) is 43.0 Å². The summed E-state index contributed by atoms with van der Waals surface area (Å²) in [6.07, 6.45) is 9.58. The smallest absolute Gasteiger partial charge is 0.256 e. The normalized spacial score (nSPS) is 35.7. The lowest BCUT2D eigenvalue weighted by molar-refractivity contribution is -0.140. The first-order valence-corrected chi connectivity index (χ1v) is 10.0. The molecule has 0 aromatic carbocycles. The van der Waals surface area contributed by atoms with E-state index in [9.17, 15) is 19.3 Å². The molecule has 2 N–H and O–H groups in total. The fourth-order valence-corrected chi connectivity index (χ4v) is 4.34. The number of rotatable bonds is 2. The van der Waals surface area contributed by atoms with Crippen molar-refractivity contribution in [2.24, 2.45) is 11.1 Å². The number of nitroso groups, excluding NO2 is 1. The molecule has 148 valence electrons. The van der Waals surface area contributed by atoms with Gasteiger partial charge < -0.3 is 14.9 Å². The number of hydrogen-bond acceptors (Lipinski definition) is 6. The number of nitrogens with zero attached hydrogens (tertiary/aromatic N) is 2. The largest absolute Gasteiger partial charge is 0.339 e. The molecule has 2 aliphatic heterocycles. The third-order valence-corrected chi connectivity index (χ3v) is 6.04. The lowest BCUT2D eigenvalue weighted by atomic mass is 10.1. The lowest BCUT2D eigenvalue weighted by Crippen LogP contribution is -2.55. The van der Waals surface area contributed by atoms with Crippen LogP contribution < -0.4 is 10.0 Å². The second-order valence-corrected chi connectivity index (χ2v) is 7.81. The first kappa shape index (κ1) is 19.9. The summed E-state index contributed by atoms with van der Waals surface area (Å²) < 4.78 is 2.34. The lowest BCUT2D eigenvalue weighted by Gasteiger charge is -2.27. The van der Waals surface area contributed by atoms with E-state index >= 15 is 0 Å². The van der Waals surface area contributed by atoms with Gasteiger partial charge in [-0.2, -0.15) is 0 Å². The van der Waals surface area contributed by atoms with Crippen LogP contribution in [0.15, 0.2) is 17.3 Å². The molecule has 4 atom stereocenters. The van der Waals surface area contributed by atoms with Gasteiger partial charge in [0.2, 0.25) is 5.91 Å². The first-order chi connectivity index (χ1) is 13.0. The van der Waals surface area contributed by atoms with Gasteiger partial charge in [0.25, 0.3) is 11.8 Å². The number of amides is 3. The predicted molar refractivity (Wildman–Crippen MR) is 103 cm³/mol. The fourth-order valence-electron chi connectivity index (χ4n) is 4.14. The van der Waals surface area contributed by atoms with Crippen molar-refractivity contribution in [2.75, 3.05) is 6.54 Å². The number of fused-ring (bicyclic) bond motifs is 2. The summed E-state index contributed by atoms with van der Waals surface area (Å²) >= 11 is 3.86. The van der Waals surface area contributed by atoms with Crippen LogP contribution in [-0.2, 0) is 14.4 Å². The Morgan fingerprint density at radius 2 is 2.07 bits per heavy atom. The zero-order chi connectivity index (χ0) is 19.4. The van der Waals surface area contributed by atoms with Gasteiger partial charge >= 0.3 is 0 Å². The Hall–Kier alpha value is -1.90. The molecule has 1 saturated heterocycles. The monoisotopic (exact) mass is 394 g/mol. The van der Waals surface area contributed by atoms with E-state index in [2.05, 4.69) is 28.0 Å². The van der Waals surface area contributed by atoms with E-state index in [1.54, 1.807) is 0 Å². The zero-order valence-electron chi connectivity index (χ0n) is 15.2. The van der Waals surface area contributed by atoms with Crippen LogP contribution in [0.1, 0.15) is 51.4 Å². The van der Waals surface area contributed by atoms with Crippen LogP contribution in [-0.4, -0.2) is 46.8 Å². The number of thiol groups is 1. The average molecular weight is 394 g/mol. The molecule has 27 heavy (non-hydrogen) atoms. The Bertz CT molecular complexity index is 655. The Balaban J connectivity index is 1.83. The molecular formula is C18H26N4O4S. The molecule has 2 fully saturated rings. The molecule has 1 saturated carbocycles. The van der Waals surface area contributed by atoms with Gasteiger partial charge in [0.1, 0.15) is 11.6 Å². The van der Waals surface area contributed by atoms with Crippen LogP contribution in [0.5, 0.6) is 0 Å². The highest BCUT2D eigenvalue weighted by Gasteiger charge is 2.60. The standard InChI is InChI=1S/C18H26N4O4S/c23-15-14-9-6-10-22(14)16(24)13(20-26)8-5-3-1-2-4-7-12-11-18(12,19-15)17(25)21-27/h4,7,12-14,27H,1-3,5-6,8-11H2,(H,19,23)(H,21,25)/b7-4-/t12-,13+,14+,18-/m1/s1. The summed E-state index contributed by atoms with van der Waals surface area (Å²) in [5, 5.41) is 5.88. The summed E-state index contributed by atoms with van der Waals surface area (Å²) in [5.41, 5.74) is -1.00. The van der Waals surface area contributed by atoms with Gasteiger partial charge in [-0.15, -0.1) is 4.91 Å². The maximum atomic E-state index is 12.9. The van der Waals surface area contributed by atoms with Crippen molar-refractivity contribution in [2.45, 2.75) is 69.0 Å². The number of allylic oxidation sites excluding steroid dienone is 1. The second-order valence-electron chi connectivity index (χ2n) is 7.59. The number of carbonyl (C=O) groups excluding carboxylic acids is 3. The van der Waals surface area contributed by atoms with Crippen molar-refractivity contribution >= 4 is 30.5 Å². The van der Waals surface area contributed by atoms with Crippen molar-refractivity contribution in [3.63, 3.8) is 0 Å². The van der Waals surface area contributed by atoms with Crippen LogP contribution in [0, 0.1) is 10.8 Å². The van der Waals surface area contributed by atoms with Crippen molar-refractivity contribution in [1.29, 1.82) is 0 Å². The van der Waals surface area contributed by atoms with E-state index in [4.69, 9.17) is 0 Å². The Kier molecular flexibility index (Phi) is 6.18. The first-order valence-electron chi connectivity index (χ1n) is 9.59. The van der Waals surface area contributed by atoms with E-state index in [-0.39, 0.29) is 23.6 Å². The van der Waals surface area contributed by atoms with Gasteiger partial charge in [0, 0.05) is 12.5 Å². The summed E-state index contributed by atoms with van der Waals surface area (Å²) in [7, 11) is 0. The Morgan fingerprint density at radius 3 is 2.81 bits per heavy atom. The highest BCUT2D eigenvalue weighted by atomic mass is 32.1. The summed E-state index contributed by atoms with van der Waals surface area (Å²) in [4.78, 5) is 50.7. The van der Waals surface area contributed by atoms with E-state index in [0.29, 0.717) is 32.2 Å². The molecule has 0 radical (unpaired) electrons. The quantitative estimate of drug-likeness (QED) is 0.374. The number of nitrogens with one attached hydrogen (secondary N) is 2. The Labute approximate surface area is 164 Å². The molecule has 8 nitrogen and oxygen atoms in total. The van der Waals surface area contributed by atoms with Gasteiger partial charge in [-0.05, 0) is 38.5 Å². The molecule has 0 unspecified atom stereocenters. The van der Waals surface area contributed by atoms with Crippen LogP contribution in [0.25, 0.3) is 0 Å². The molecule has 0 aromatic rings. The van der Waals surface area contributed by atoms with Gasteiger partial charge in [0.15, 0.2) is 6.04 Å². The highest BCUT2D eigenvalue weighted by molar-refractivity contribution is 7.78. The molecule has 3 amide bonds. The van der Waals surface area contributed by atoms with Crippen molar-refractivity contribution in [1.82, 2.24) is 14.9 Å². The zero-order valence-corrected chi connectivity index (χ0v) is 16.1. The molecule has 0 bridgehead atoms. The number of carbonyl (C=O) groups is 3. The number of hydrogen-bond donors (Lipinski definition) is 3. The Morgan fingerprint density at radius 1 is 1.26 bits per heavy atom. The van der Waals surface area contributed by atoms with E-state index in [1.807, 2.05) is 12.2 Å². The fraction of sp³-hybridized carbons (Fsp3) is 0.722. The summed E-state index contributed by atoms with van der Waals surface area (Å²) in [5.74, 6) is -1.15. The maximum Gasteiger partial charge on any atom is 0.256 e. The third-order valence-electron chi connectivity index (χ3n) is 5.84. The maximum absolute atomic E-state index is 12.9. The molecule has 0 spiro atoms. The van der Waals surface area contributed by atoms with Crippen LogP contribution in [0.4, 0.5) is 0 Å². The van der Waals surface area contributed by atoms with E-state index in [0.717, 1.165) is 25.7 Å². The summed E-state index contributed by atoms with van der Waals surface area (Å²) in [6.45, 7) is 0.429. The second kappa shape index (κ2) is 8.41. The molecule has 0 aromatic heterocycles. The van der Waals surface area contributed by atoms with E-state index < -0.39 is 17.6 Å². The van der Waals surface area contributed by atoms with E-state index in [1.165, 1.54) is 4.90 Å². The van der Waals surface area contributed by atoms with Crippen LogP contribution in [0.3, 0.4) is 0 Å². The molecule has 2 heterocycles. The average Bonchev–Trinajstić information content (AvgIpc) is 3.13. The molecule has 1 aliphatic carbocycles. The molecular weight excluding hydrogens is 368 g/mol. The predicted octanol–water partition coefficient (Wildman–Crippen LogP) is 1.47. The minimum absolute atomic E-state index is 0.0753. The van der Waals surface area contributed by atoms with Gasteiger partial charge in [-0.25, -0.2) is 0 Å². The molecule has 3 rings (SSSR count). The molecule has 9 heteroatoms. The van der Waals surface area contributed by atoms with Gasteiger partial charge in [0.05, 0.1) is 0 Å². The molecule has 3 aliphatic rings. The highest BCUT2D eigenvalue weighted by Crippen LogP contribution is 2.45. The SMILES string of the molecule is O=N[C@H]1CCCCC/C=C\[C@@H]2C[C@@]2(C(=O)NS)NC(=O)[C@@H]2CCCN2C1=O. The van der Waals surface area contributed by atoms with Crippen molar-refractivity contribution < 1.29 is 14.4 Å². The van der Waals surface area contributed by atoms with Crippen LogP contribution in [0.2, 0.25) is 0 Å².